The normalized spacial score (nSPS) is 23.0. The number of pyridine rings is 1. The summed E-state index contributed by atoms with van der Waals surface area (Å²) in [5.41, 5.74) is 2.91. The number of carbonyl (C=O) groups is 3. The second-order valence-corrected chi connectivity index (χ2v) is 11.3. The Kier molecular flexibility index (Phi) is 6.55. The summed E-state index contributed by atoms with van der Waals surface area (Å²) in [6.07, 6.45) is 6.65. The summed E-state index contributed by atoms with van der Waals surface area (Å²) in [5, 5.41) is 9.50. The fraction of sp³-hybridized carbons (Fsp3) is 0.500. The van der Waals surface area contributed by atoms with Gasteiger partial charge < -0.3 is 20.9 Å². The first kappa shape index (κ1) is 24.4. The fourth-order valence-electron chi connectivity index (χ4n) is 5.74. The molecule has 3 aliphatic heterocycles. The number of nitrogens with one attached hydrogen (secondary N) is 3. The number of hydrogen-bond donors (Lipinski definition) is 3. The summed E-state index contributed by atoms with van der Waals surface area (Å²) in [6, 6.07) is 10.3. The minimum Gasteiger partial charge on any atom is -0.328 e. The van der Waals surface area contributed by atoms with Crippen molar-refractivity contribution in [3.8, 4) is 0 Å². The highest BCUT2D eigenvalue weighted by molar-refractivity contribution is 5.96. The van der Waals surface area contributed by atoms with E-state index in [1.54, 1.807) is 11.1 Å². The number of anilines is 2. The van der Waals surface area contributed by atoms with Crippen LogP contribution < -0.4 is 16.0 Å². The molecule has 3 N–H and O–H groups in total. The summed E-state index contributed by atoms with van der Waals surface area (Å²) in [7, 11) is 0. The maximum Gasteiger partial charge on any atom is 0.244 e. The van der Waals surface area contributed by atoms with E-state index in [1.807, 2.05) is 51.1 Å². The smallest absolute Gasteiger partial charge is 0.244 e. The van der Waals surface area contributed by atoms with Gasteiger partial charge in [-0.15, -0.1) is 0 Å². The van der Waals surface area contributed by atoms with E-state index in [2.05, 4.69) is 20.9 Å². The molecule has 0 aliphatic carbocycles. The largest absolute Gasteiger partial charge is 0.328 e. The van der Waals surface area contributed by atoms with Crippen molar-refractivity contribution in [2.45, 2.75) is 77.4 Å². The van der Waals surface area contributed by atoms with E-state index < -0.39 is 5.41 Å². The number of carbonyl (C=O) groups excluding carboxylic acids is 3. The molecule has 8 heteroatoms. The molecule has 3 unspecified atom stereocenters. The van der Waals surface area contributed by atoms with Crippen LogP contribution in [-0.2, 0) is 27.2 Å². The predicted molar refractivity (Wildman–Crippen MR) is 139 cm³/mol. The standard InChI is InChI=1S/C28H35N5O3/c1-28(2,3)27(36)33(23-11-9-20-8-10-22(23)30-20)16-25(35)31-21-7-6-17-13-18-5-4-12-29-26(18)32-24(34)15-19(17)14-21/h4-7,12,14,20,22-23,30H,8-11,13,15-16H2,1-3H3,(H,31,35)(H,29,32,34). The van der Waals surface area contributed by atoms with E-state index in [-0.39, 0.29) is 42.8 Å². The highest BCUT2D eigenvalue weighted by Gasteiger charge is 2.42. The number of hydrogen-bond acceptors (Lipinski definition) is 5. The van der Waals surface area contributed by atoms with Gasteiger partial charge in [0.15, 0.2) is 0 Å². The molecule has 0 radical (unpaired) electrons. The molecule has 5 rings (SSSR count). The highest BCUT2D eigenvalue weighted by atomic mass is 16.2. The third kappa shape index (κ3) is 5.14. The van der Waals surface area contributed by atoms with Gasteiger partial charge in [0, 0.05) is 41.8 Å². The first-order valence-electron chi connectivity index (χ1n) is 12.9. The summed E-state index contributed by atoms with van der Waals surface area (Å²) in [4.78, 5) is 45.2. The molecule has 3 atom stereocenters. The molecule has 4 heterocycles. The lowest BCUT2D eigenvalue weighted by atomic mass is 9.90. The van der Waals surface area contributed by atoms with Crippen LogP contribution >= 0.6 is 0 Å². The average molecular weight is 490 g/mol. The molecule has 190 valence electrons. The number of nitrogens with zero attached hydrogens (tertiary/aromatic N) is 2. The lowest BCUT2D eigenvalue weighted by Crippen LogP contribution is -2.58. The van der Waals surface area contributed by atoms with Gasteiger partial charge >= 0.3 is 0 Å². The van der Waals surface area contributed by atoms with E-state index >= 15 is 0 Å². The van der Waals surface area contributed by atoms with Crippen molar-refractivity contribution >= 4 is 29.2 Å². The van der Waals surface area contributed by atoms with E-state index in [1.165, 1.54) is 0 Å². The molecule has 36 heavy (non-hydrogen) atoms. The van der Waals surface area contributed by atoms with Crippen LogP contribution in [0.3, 0.4) is 0 Å². The van der Waals surface area contributed by atoms with Gasteiger partial charge in [-0.1, -0.05) is 32.9 Å². The zero-order valence-electron chi connectivity index (χ0n) is 21.3. The number of fused-ring (bicyclic) bond motifs is 4. The van der Waals surface area contributed by atoms with Crippen LogP contribution in [0.25, 0.3) is 0 Å². The highest BCUT2D eigenvalue weighted by Crippen LogP contribution is 2.32. The van der Waals surface area contributed by atoms with Crippen LogP contribution in [0.15, 0.2) is 36.5 Å². The zero-order chi connectivity index (χ0) is 25.4. The van der Waals surface area contributed by atoms with Crippen LogP contribution in [0, 0.1) is 5.41 Å². The second-order valence-electron chi connectivity index (χ2n) is 11.3. The van der Waals surface area contributed by atoms with Gasteiger partial charge in [0.2, 0.25) is 17.7 Å². The maximum atomic E-state index is 13.4. The number of benzene rings is 1. The quantitative estimate of drug-likeness (QED) is 0.612. The Bertz CT molecular complexity index is 1190. The second kappa shape index (κ2) is 9.65. The van der Waals surface area contributed by atoms with Gasteiger partial charge in [-0.2, -0.15) is 0 Å². The Morgan fingerprint density at radius 1 is 1.06 bits per heavy atom. The summed E-state index contributed by atoms with van der Waals surface area (Å²) < 4.78 is 0. The molecule has 2 fully saturated rings. The van der Waals surface area contributed by atoms with Crippen molar-refractivity contribution in [3.05, 3.63) is 53.2 Å². The van der Waals surface area contributed by atoms with Gasteiger partial charge in [-0.25, -0.2) is 4.98 Å². The fourth-order valence-corrected chi connectivity index (χ4v) is 5.74. The molecule has 2 saturated heterocycles. The topological polar surface area (TPSA) is 103 Å². The molecule has 3 aliphatic rings. The van der Waals surface area contributed by atoms with Gasteiger partial charge in [-0.3, -0.25) is 14.4 Å². The molecular weight excluding hydrogens is 454 g/mol. The minimum absolute atomic E-state index is 0.00285. The average Bonchev–Trinajstić information content (AvgIpc) is 3.19. The first-order chi connectivity index (χ1) is 17.2. The van der Waals surface area contributed by atoms with Gasteiger partial charge in [0.05, 0.1) is 6.42 Å². The molecule has 0 spiro atoms. The molecule has 2 aromatic rings. The summed E-state index contributed by atoms with van der Waals surface area (Å²) >= 11 is 0. The van der Waals surface area contributed by atoms with E-state index in [4.69, 9.17) is 0 Å². The zero-order valence-corrected chi connectivity index (χ0v) is 21.3. The Morgan fingerprint density at radius 3 is 2.67 bits per heavy atom. The predicted octanol–water partition coefficient (Wildman–Crippen LogP) is 3.26. The number of piperidine rings is 1. The first-order valence-corrected chi connectivity index (χ1v) is 12.9. The van der Waals surface area contributed by atoms with Crippen LogP contribution in [0.2, 0.25) is 0 Å². The Balaban J connectivity index is 1.33. The molecule has 8 nitrogen and oxygen atoms in total. The van der Waals surface area contributed by atoms with Crippen molar-refractivity contribution in [2.24, 2.45) is 5.41 Å². The van der Waals surface area contributed by atoms with E-state index in [0.29, 0.717) is 24.0 Å². The third-order valence-corrected chi connectivity index (χ3v) is 7.54. The monoisotopic (exact) mass is 489 g/mol. The molecule has 1 aromatic carbocycles. The van der Waals surface area contributed by atoms with Gasteiger partial charge in [0.1, 0.15) is 12.4 Å². The van der Waals surface area contributed by atoms with Crippen LogP contribution in [-0.4, -0.2) is 52.3 Å². The molecule has 0 saturated carbocycles. The summed E-state index contributed by atoms with van der Waals surface area (Å²) in [6.45, 7) is 5.73. The SMILES string of the molecule is CC(C)(C)C(=O)N(CC(=O)Nc1ccc2c(c1)CC(=O)Nc1ncccc1C2)C1CCC2CCC1N2. The Morgan fingerprint density at radius 2 is 1.86 bits per heavy atom. The van der Waals surface area contributed by atoms with E-state index in [0.717, 1.165) is 42.4 Å². The number of rotatable bonds is 4. The van der Waals surface area contributed by atoms with Crippen molar-refractivity contribution in [1.82, 2.24) is 15.2 Å². The lowest BCUT2D eigenvalue weighted by molar-refractivity contribution is -0.145. The van der Waals surface area contributed by atoms with E-state index in [9.17, 15) is 14.4 Å². The third-order valence-electron chi connectivity index (χ3n) is 7.54. The molecule has 1 aromatic heterocycles. The van der Waals surface area contributed by atoms with Crippen molar-refractivity contribution in [2.75, 3.05) is 17.2 Å². The molecule has 3 amide bonds. The molecule has 2 bridgehead atoms. The number of amides is 3. The lowest BCUT2D eigenvalue weighted by Gasteiger charge is -2.41. The molecular formula is C28H35N5O3. The van der Waals surface area contributed by atoms with Crippen LogP contribution in [0.4, 0.5) is 11.5 Å². The van der Waals surface area contributed by atoms with Crippen molar-refractivity contribution < 1.29 is 14.4 Å². The van der Waals surface area contributed by atoms with Crippen LogP contribution in [0.5, 0.6) is 0 Å². The maximum absolute atomic E-state index is 13.4. The van der Waals surface area contributed by atoms with Crippen molar-refractivity contribution in [1.29, 1.82) is 0 Å². The van der Waals surface area contributed by atoms with Crippen molar-refractivity contribution in [3.63, 3.8) is 0 Å². The summed E-state index contributed by atoms with van der Waals surface area (Å²) in [5.74, 6) is 0.232. The Hall–Kier alpha value is -3.26. The van der Waals surface area contributed by atoms with Crippen LogP contribution in [0.1, 0.15) is 63.1 Å². The number of aromatic nitrogens is 1. The van der Waals surface area contributed by atoms with Gasteiger partial charge in [0.25, 0.3) is 0 Å². The Labute approximate surface area is 212 Å². The van der Waals surface area contributed by atoms with Gasteiger partial charge in [-0.05, 0) is 60.6 Å². The minimum atomic E-state index is -0.573.